The molecule has 4 heteroatoms. The van der Waals surface area contributed by atoms with Crippen LogP contribution in [0.15, 0.2) is 36.4 Å². The summed E-state index contributed by atoms with van der Waals surface area (Å²) in [6.45, 7) is 4.14. The molecule has 1 aliphatic carbocycles. The smallest absolute Gasteiger partial charge is 0.317 e. The van der Waals surface area contributed by atoms with E-state index < -0.39 is 0 Å². The fourth-order valence-corrected chi connectivity index (χ4v) is 2.87. The first-order chi connectivity index (χ1) is 11.2. The standard InChI is InChI=1S/C19H28N2O2/c1-2-13-21(14-6-10-17-8-4-3-5-9-17)18(23)20-15-19(16-22)11-7-12-19/h3-6,8-10,22H,2,7,11-16H2,1H3,(H,20,23). The molecule has 0 radical (unpaired) electrons. The van der Waals surface area contributed by atoms with E-state index in [4.69, 9.17) is 0 Å². The van der Waals surface area contributed by atoms with E-state index in [1.165, 1.54) is 0 Å². The van der Waals surface area contributed by atoms with Gasteiger partial charge in [-0.2, -0.15) is 0 Å². The van der Waals surface area contributed by atoms with Crippen LogP contribution in [0.1, 0.15) is 38.2 Å². The molecule has 4 nitrogen and oxygen atoms in total. The maximum absolute atomic E-state index is 12.4. The lowest BCUT2D eigenvalue weighted by atomic mass is 9.69. The number of hydrogen-bond acceptors (Lipinski definition) is 2. The highest BCUT2D eigenvalue weighted by molar-refractivity contribution is 5.74. The Balaban J connectivity index is 1.84. The summed E-state index contributed by atoms with van der Waals surface area (Å²) in [5, 5.41) is 12.5. The van der Waals surface area contributed by atoms with Crippen LogP contribution in [-0.2, 0) is 0 Å². The van der Waals surface area contributed by atoms with E-state index in [2.05, 4.69) is 12.2 Å². The molecule has 0 saturated heterocycles. The minimum atomic E-state index is -0.0760. The van der Waals surface area contributed by atoms with Crippen LogP contribution >= 0.6 is 0 Å². The highest BCUT2D eigenvalue weighted by atomic mass is 16.3. The molecule has 0 aliphatic heterocycles. The molecule has 2 N–H and O–H groups in total. The van der Waals surface area contributed by atoms with E-state index in [0.29, 0.717) is 13.1 Å². The van der Waals surface area contributed by atoms with E-state index in [1.807, 2.05) is 47.4 Å². The lowest BCUT2D eigenvalue weighted by Gasteiger charge is -2.40. The van der Waals surface area contributed by atoms with Crippen LogP contribution < -0.4 is 5.32 Å². The summed E-state index contributed by atoms with van der Waals surface area (Å²) in [5.74, 6) is 0. The third kappa shape index (κ3) is 5.10. The molecule has 1 aromatic rings. The second-order valence-corrected chi connectivity index (χ2v) is 6.43. The van der Waals surface area contributed by atoms with Crippen molar-refractivity contribution in [1.82, 2.24) is 10.2 Å². The number of carbonyl (C=O) groups is 1. The van der Waals surface area contributed by atoms with E-state index >= 15 is 0 Å². The summed E-state index contributed by atoms with van der Waals surface area (Å²) < 4.78 is 0. The quantitative estimate of drug-likeness (QED) is 0.773. The molecule has 0 bridgehead atoms. The Kier molecular flexibility index (Phi) is 6.66. The molecular weight excluding hydrogens is 288 g/mol. The van der Waals surface area contributed by atoms with Gasteiger partial charge in [0.1, 0.15) is 0 Å². The molecule has 23 heavy (non-hydrogen) atoms. The molecule has 0 unspecified atom stereocenters. The van der Waals surface area contributed by atoms with Crippen LogP contribution in [0.25, 0.3) is 6.08 Å². The fourth-order valence-electron chi connectivity index (χ4n) is 2.87. The second-order valence-electron chi connectivity index (χ2n) is 6.43. The zero-order valence-corrected chi connectivity index (χ0v) is 14.0. The number of hydrogen-bond donors (Lipinski definition) is 2. The van der Waals surface area contributed by atoms with Gasteiger partial charge in [0.25, 0.3) is 0 Å². The molecule has 0 aromatic heterocycles. The van der Waals surface area contributed by atoms with Crippen LogP contribution in [-0.4, -0.2) is 42.3 Å². The van der Waals surface area contributed by atoms with Crippen molar-refractivity contribution in [3.63, 3.8) is 0 Å². The number of rotatable bonds is 8. The number of nitrogens with zero attached hydrogens (tertiary/aromatic N) is 1. The average molecular weight is 316 g/mol. The Morgan fingerprint density at radius 1 is 1.35 bits per heavy atom. The van der Waals surface area contributed by atoms with Crippen LogP contribution in [0.2, 0.25) is 0 Å². The Morgan fingerprint density at radius 2 is 2.09 bits per heavy atom. The van der Waals surface area contributed by atoms with Crippen molar-refractivity contribution in [1.29, 1.82) is 0 Å². The highest BCUT2D eigenvalue weighted by Crippen LogP contribution is 2.39. The van der Waals surface area contributed by atoms with Gasteiger partial charge in [0.15, 0.2) is 0 Å². The van der Waals surface area contributed by atoms with Gasteiger partial charge in [-0.05, 0) is 24.8 Å². The largest absolute Gasteiger partial charge is 0.396 e. The number of urea groups is 1. The summed E-state index contributed by atoms with van der Waals surface area (Å²) in [4.78, 5) is 14.2. The Bertz CT molecular complexity index is 504. The maximum atomic E-state index is 12.4. The zero-order valence-electron chi connectivity index (χ0n) is 14.0. The van der Waals surface area contributed by atoms with Crippen molar-refractivity contribution < 1.29 is 9.90 Å². The number of nitrogens with one attached hydrogen (secondary N) is 1. The third-order valence-electron chi connectivity index (χ3n) is 4.58. The summed E-state index contributed by atoms with van der Waals surface area (Å²) in [5.41, 5.74) is 1.06. The van der Waals surface area contributed by atoms with E-state index in [-0.39, 0.29) is 18.1 Å². The first-order valence-corrected chi connectivity index (χ1v) is 8.54. The molecule has 1 aliphatic rings. The Labute approximate surface area is 139 Å². The summed E-state index contributed by atoms with van der Waals surface area (Å²) >= 11 is 0. The van der Waals surface area contributed by atoms with Gasteiger partial charge in [-0.15, -0.1) is 0 Å². The SMILES string of the molecule is CCCN(CC=Cc1ccccc1)C(=O)NCC1(CO)CCC1. The van der Waals surface area contributed by atoms with Gasteiger partial charge in [0.05, 0.1) is 6.61 Å². The Hall–Kier alpha value is -1.81. The number of aliphatic hydroxyl groups is 1. The second kappa shape index (κ2) is 8.73. The highest BCUT2D eigenvalue weighted by Gasteiger charge is 2.36. The number of amides is 2. The number of aliphatic hydroxyl groups excluding tert-OH is 1. The van der Waals surface area contributed by atoms with E-state index in [9.17, 15) is 9.90 Å². The third-order valence-corrected chi connectivity index (χ3v) is 4.58. The normalized spacial score (nSPS) is 16.1. The first kappa shape index (κ1) is 17.5. The molecule has 1 aromatic carbocycles. The summed E-state index contributed by atoms with van der Waals surface area (Å²) in [7, 11) is 0. The Morgan fingerprint density at radius 3 is 2.65 bits per heavy atom. The molecule has 0 spiro atoms. The summed E-state index contributed by atoms with van der Waals surface area (Å²) in [6.07, 6.45) is 8.15. The van der Waals surface area contributed by atoms with Gasteiger partial charge < -0.3 is 15.3 Å². The lowest BCUT2D eigenvalue weighted by Crippen LogP contribution is -2.48. The summed E-state index contributed by atoms with van der Waals surface area (Å²) in [6, 6.07) is 10.0. The van der Waals surface area contributed by atoms with Gasteiger partial charge in [-0.3, -0.25) is 0 Å². The minimum absolute atomic E-state index is 0.0377. The number of benzene rings is 1. The zero-order chi connectivity index (χ0) is 16.5. The molecule has 1 saturated carbocycles. The van der Waals surface area contributed by atoms with Gasteiger partial charge in [0.2, 0.25) is 0 Å². The predicted molar refractivity (Wildman–Crippen MR) is 94.1 cm³/mol. The van der Waals surface area contributed by atoms with Crippen LogP contribution in [0.4, 0.5) is 4.79 Å². The molecule has 0 atom stereocenters. The molecule has 126 valence electrons. The van der Waals surface area contributed by atoms with Crippen molar-refractivity contribution >= 4 is 12.1 Å². The molecule has 0 heterocycles. The van der Waals surface area contributed by atoms with Crippen LogP contribution in [0, 0.1) is 5.41 Å². The molecule has 2 amide bonds. The van der Waals surface area contributed by atoms with Gasteiger partial charge >= 0.3 is 6.03 Å². The minimum Gasteiger partial charge on any atom is -0.396 e. The van der Waals surface area contributed by atoms with Crippen LogP contribution in [0.5, 0.6) is 0 Å². The topological polar surface area (TPSA) is 52.6 Å². The molecular formula is C19H28N2O2. The van der Waals surface area contributed by atoms with Crippen LogP contribution in [0.3, 0.4) is 0 Å². The number of carbonyl (C=O) groups excluding carboxylic acids is 1. The maximum Gasteiger partial charge on any atom is 0.317 e. The molecule has 1 fully saturated rings. The predicted octanol–water partition coefficient (Wildman–Crippen LogP) is 3.28. The first-order valence-electron chi connectivity index (χ1n) is 8.54. The van der Waals surface area contributed by atoms with Crippen molar-refractivity contribution in [2.45, 2.75) is 32.6 Å². The molecule has 2 rings (SSSR count). The van der Waals surface area contributed by atoms with Crippen molar-refractivity contribution in [3.8, 4) is 0 Å². The van der Waals surface area contributed by atoms with E-state index in [0.717, 1.165) is 37.8 Å². The van der Waals surface area contributed by atoms with Crippen molar-refractivity contribution in [2.24, 2.45) is 5.41 Å². The van der Waals surface area contributed by atoms with Gasteiger partial charge in [-0.25, -0.2) is 4.79 Å². The van der Waals surface area contributed by atoms with E-state index in [1.54, 1.807) is 0 Å². The fraction of sp³-hybridized carbons (Fsp3) is 0.526. The monoisotopic (exact) mass is 316 g/mol. The van der Waals surface area contributed by atoms with Crippen molar-refractivity contribution in [3.05, 3.63) is 42.0 Å². The average Bonchev–Trinajstić information content (AvgIpc) is 2.54. The van der Waals surface area contributed by atoms with Gasteiger partial charge in [-0.1, -0.05) is 55.8 Å². The van der Waals surface area contributed by atoms with Crippen molar-refractivity contribution in [2.75, 3.05) is 26.2 Å². The lowest BCUT2D eigenvalue weighted by molar-refractivity contribution is 0.0459. The van der Waals surface area contributed by atoms with Gasteiger partial charge in [0, 0.05) is 25.0 Å².